The molecule has 3 heterocycles. The second kappa shape index (κ2) is 5.54. The molecule has 0 saturated carbocycles. The number of hydrogen-bond acceptors (Lipinski definition) is 6. The molecule has 0 unspecified atom stereocenters. The smallest absolute Gasteiger partial charge is 0.190 e. The molecular formula is C16H26O6. The minimum absolute atomic E-state index is 0.170. The van der Waals surface area contributed by atoms with Crippen molar-refractivity contribution < 1.29 is 28.4 Å². The molecule has 0 N–H and O–H groups in total. The quantitative estimate of drug-likeness (QED) is 0.740. The lowest BCUT2D eigenvalue weighted by Crippen LogP contribution is -2.58. The van der Waals surface area contributed by atoms with Crippen molar-refractivity contribution in [3.8, 4) is 0 Å². The van der Waals surface area contributed by atoms with Gasteiger partial charge < -0.3 is 28.4 Å². The van der Waals surface area contributed by atoms with Gasteiger partial charge in [-0.1, -0.05) is 6.08 Å². The van der Waals surface area contributed by atoms with E-state index in [9.17, 15) is 0 Å². The van der Waals surface area contributed by atoms with E-state index >= 15 is 0 Å². The molecule has 0 aromatic rings. The molecule has 6 atom stereocenters. The number of fused-ring (bicyclic) bond motifs is 3. The molecule has 0 amide bonds. The van der Waals surface area contributed by atoms with Crippen molar-refractivity contribution in [3.05, 3.63) is 12.7 Å². The standard InChI is InChI=1S/C16H26O6/c1-7-8-17-9(2)10-11-12(20-15(3,4)19-11)13-14(18-10)22-16(5,6)21-13/h7,9-14H,1,8H2,2-6H3/t9-,10-,11+,12+,13-,14+/m1/s1. The van der Waals surface area contributed by atoms with Crippen LogP contribution in [-0.4, -0.2) is 55.0 Å². The van der Waals surface area contributed by atoms with E-state index in [1.165, 1.54) is 0 Å². The number of ether oxygens (including phenoxy) is 6. The summed E-state index contributed by atoms with van der Waals surface area (Å²) in [6, 6.07) is 0. The highest BCUT2D eigenvalue weighted by molar-refractivity contribution is 5.01. The van der Waals surface area contributed by atoms with Crippen LogP contribution in [0.2, 0.25) is 0 Å². The van der Waals surface area contributed by atoms with E-state index < -0.39 is 17.9 Å². The lowest BCUT2D eigenvalue weighted by Gasteiger charge is -2.39. The Balaban J connectivity index is 1.82. The number of rotatable bonds is 4. The summed E-state index contributed by atoms with van der Waals surface area (Å²) < 4.78 is 35.8. The van der Waals surface area contributed by atoms with Crippen LogP contribution in [0.15, 0.2) is 12.7 Å². The van der Waals surface area contributed by atoms with E-state index in [0.717, 1.165) is 0 Å². The molecule has 22 heavy (non-hydrogen) atoms. The molecule has 0 aromatic heterocycles. The van der Waals surface area contributed by atoms with Crippen LogP contribution in [0.25, 0.3) is 0 Å². The van der Waals surface area contributed by atoms with Gasteiger partial charge in [-0.2, -0.15) is 0 Å². The van der Waals surface area contributed by atoms with Crippen molar-refractivity contribution in [1.29, 1.82) is 0 Å². The fourth-order valence-corrected chi connectivity index (χ4v) is 3.34. The molecule has 3 fully saturated rings. The largest absolute Gasteiger partial charge is 0.372 e. The average molecular weight is 314 g/mol. The second-order valence-corrected chi connectivity index (χ2v) is 6.96. The van der Waals surface area contributed by atoms with Gasteiger partial charge >= 0.3 is 0 Å². The molecule has 3 rings (SSSR count). The van der Waals surface area contributed by atoms with Crippen molar-refractivity contribution in [3.63, 3.8) is 0 Å². The summed E-state index contributed by atoms with van der Waals surface area (Å²) >= 11 is 0. The molecule has 0 aromatic carbocycles. The second-order valence-electron chi connectivity index (χ2n) is 6.96. The summed E-state index contributed by atoms with van der Waals surface area (Å²) in [5.41, 5.74) is 0. The van der Waals surface area contributed by atoms with Crippen LogP contribution in [0.3, 0.4) is 0 Å². The van der Waals surface area contributed by atoms with Gasteiger partial charge in [-0.25, -0.2) is 0 Å². The molecule has 0 aliphatic carbocycles. The van der Waals surface area contributed by atoms with Gasteiger partial charge in [-0.3, -0.25) is 0 Å². The zero-order valence-electron chi connectivity index (χ0n) is 13.9. The highest BCUT2D eigenvalue weighted by Crippen LogP contribution is 2.44. The SMILES string of the molecule is C=CCO[C@H](C)[C@H]1O[C@H]2OC(C)(C)O[C@@H]2[C@H]2OC(C)(C)O[C@H]21. The maximum Gasteiger partial charge on any atom is 0.190 e. The summed E-state index contributed by atoms with van der Waals surface area (Å²) in [5, 5.41) is 0. The molecule has 3 aliphatic heterocycles. The monoisotopic (exact) mass is 314 g/mol. The van der Waals surface area contributed by atoms with Crippen molar-refractivity contribution in [2.45, 2.75) is 83.0 Å². The van der Waals surface area contributed by atoms with E-state index in [-0.39, 0.29) is 30.5 Å². The predicted octanol–water partition coefficient (Wildman–Crippen LogP) is 1.97. The molecule has 3 saturated heterocycles. The fraction of sp³-hybridized carbons (Fsp3) is 0.875. The van der Waals surface area contributed by atoms with Gasteiger partial charge in [-0.05, 0) is 34.6 Å². The van der Waals surface area contributed by atoms with E-state index in [0.29, 0.717) is 6.61 Å². The lowest BCUT2D eigenvalue weighted by molar-refractivity contribution is -0.254. The van der Waals surface area contributed by atoms with Gasteiger partial charge in [0, 0.05) is 0 Å². The van der Waals surface area contributed by atoms with Gasteiger partial charge in [-0.15, -0.1) is 6.58 Å². The van der Waals surface area contributed by atoms with Crippen LogP contribution in [-0.2, 0) is 28.4 Å². The molecule has 6 heteroatoms. The Hall–Kier alpha value is -0.500. The molecule has 0 spiro atoms. The molecule has 126 valence electrons. The Morgan fingerprint density at radius 2 is 1.59 bits per heavy atom. The number of hydrogen-bond donors (Lipinski definition) is 0. The van der Waals surface area contributed by atoms with Crippen LogP contribution >= 0.6 is 0 Å². The Morgan fingerprint density at radius 1 is 1.00 bits per heavy atom. The third-order valence-corrected chi connectivity index (χ3v) is 4.13. The maximum atomic E-state index is 6.10. The minimum atomic E-state index is -0.698. The molecular weight excluding hydrogens is 288 g/mol. The topological polar surface area (TPSA) is 55.4 Å². The lowest BCUT2D eigenvalue weighted by atomic mass is 9.96. The zero-order chi connectivity index (χ0) is 16.1. The summed E-state index contributed by atoms with van der Waals surface area (Å²) in [4.78, 5) is 0. The summed E-state index contributed by atoms with van der Waals surface area (Å²) in [5.74, 6) is -1.38. The normalized spacial score (nSPS) is 43.4. The first-order valence-corrected chi connectivity index (χ1v) is 7.82. The van der Waals surface area contributed by atoms with Crippen LogP contribution in [0.4, 0.5) is 0 Å². The average Bonchev–Trinajstić information content (AvgIpc) is 2.89. The first-order valence-electron chi connectivity index (χ1n) is 7.82. The van der Waals surface area contributed by atoms with Crippen LogP contribution in [0.1, 0.15) is 34.6 Å². The van der Waals surface area contributed by atoms with Crippen LogP contribution in [0, 0.1) is 0 Å². The first-order chi connectivity index (χ1) is 10.2. The summed E-state index contributed by atoms with van der Waals surface area (Å²) in [6.45, 7) is 13.6. The maximum absolute atomic E-state index is 6.10. The van der Waals surface area contributed by atoms with E-state index in [2.05, 4.69) is 6.58 Å². The van der Waals surface area contributed by atoms with Gasteiger partial charge in [0.05, 0.1) is 12.7 Å². The predicted molar refractivity (Wildman–Crippen MR) is 78.1 cm³/mol. The zero-order valence-corrected chi connectivity index (χ0v) is 13.9. The molecule has 3 aliphatic rings. The first kappa shape index (κ1) is 16.4. The van der Waals surface area contributed by atoms with Gasteiger partial charge in [0.15, 0.2) is 17.9 Å². The highest BCUT2D eigenvalue weighted by atomic mass is 16.9. The Bertz CT molecular complexity index is 434. The fourth-order valence-electron chi connectivity index (χ4n) is 3.34. The van der Waals surface area contributed by atoms with Crippen molar-refractivity contribution in [1.82, 2.24) is 0 Å². The Morgan fingerprint density at radius 3 is 2.27 bits per heavy atom. The summed E-state index contributed by atoms with van der Waals surface area (Å²) in [7, 11) is 0. The Labute approximate surface area is 131 Å². The minimum Gasteiger partial charge on any atom is -0.372 e. The van der Waals surface area contributed by atoms with Gasteiger partial charge in [0.1, 0.15) is 24.4 Å². The highest BCUT2D eigenvalue weighted by Gasteiger charge is 2.61. The van der Waals surface area contributed by atoms with Crippen LogP contribution in [0.5, 0.6) is 0 Å². The molecule has 0 bridgehead atoms. The van der Waals surface area contributed by atoms with Crippen molar-refractivity contribution in [2.24, 2.45) is 0 Å². The molecule has 0 radical (unpaired) electrons. The van der Waals surface area contributed by atoms with E-state index in [4.69, 9.17) is 28.4 Å². The third kappa shape index (κ3) is 2.96. The Kier molecular flexibility index (Phi) is 4.12. The van der Waals surface area contributed by atoms with Gasteiger partial charge in [0.25, 0.3) is 0 Å². The van der Waals surface area contributed by atoms with Crippen molar-refractivity contribution in [2.75, 3.05) is 6.61 Å². The third-order valence-electron chi connectivity index (χ3n) is 4.13. The van der Waals surface area contributed by atoms with E-state index in [1.54, 1.807) is 6.08 Å². The van der Waals surface area contributed by atoms with E-state index in [1.807, 2.05) is 34.6 Å². The van der Waals surface area contributed by atoms with Crippen LogP contribution < -0.4 is 0 Å². The summed E-state index contributed by atoms with van der Waals surface area (Å²) in [6.07, 6.45) is -0.0165. The van der Waals surface area contributed by atoms with Crippen molar-refractivity contribution >= 4 is 0 Å². The molecule has 6 nitrogen and oxygen atoms in total. The van der Waals surface area contributed by atoms with Gasteiger partial charge in [0.2, 0.25) is 0 Å².